The Labute approximate surface area is 132 Å². The summed E-state index contributed by atoms with van der Waals surface area (Å²) < 4.78 is 0. The van der Waals surface area contributed by atoms with Gasteiger partial charge in [0.25, 0.3) is 0 Å². The van der Waals surface area contributed by atoms with E-state index in [0.29, 0.717) is 12.1 Å². The molecule has 2 N–H and O–H groups in total. The van der Waals surface area contributed by atoms with Crippen LogP contribution in [0, 0.1) is 5.92 Å². The van der Waals surface area contributed by atoms with Crippen LogP contribution < -0.4 is 5.73 Å². The van der Waals surface area contributed by atoms with Gasteiger partial charge in [-0.15, -0.1) is 0 Å². The predicted molar refractivity (Wildman–Crippen MR) is 92.5 cm³/mol. The van der Waals surface area contributed by atoms with Crippen molar-refractivity contribution in [2.24, 2.45) is 11.7 Å². The van der Waals surface area contributed by atoms with Gasteiger partial charge in [0.15, 0.2) is 0 Å². The van der Waals surface area contributed by atoms with Crippen molar-refractivity contribution in [1.82, 2.24) is 4.90 Å². The van der Waals surface area contributed by atoms with Crippen LogP contribution >= 0.6 is 0 Å². The zero-order valence-corrected chi connectivity index (χ0v) is 14.5. The molecule has 2 nitrogen and oxygen atoms in total. The zero-order valence-electron chi connectivity index (χ0n) is 14.5. The average Bonchev–Trinajstić information content (AvgIpc) is 2.46. The third-order valence-electron chi connectivity index (χ3n) is 5.87. The molecule has 4 unspecified atom stereocenters. The molecule has 0 aromatic rings. The van der Waals surface area contributed by atoms with Gasteiger partial charge in [0.05, 0.1) is 0 Å². The number of piperidine rings is 1. The topological polar surface area (TPSA) is 29.3 Å². The highest BCUT2D eigenvalue weighted by molar-refractivity contribution is 4.88. The van der Waals surface area contributed by atoms with E-state index >= 15 is 0 Å². The molecule has 2 aliphatic rings. The molecule has 1 aliphatic carbocycles. The molecule has 0 aromatic heterocycles. The summed E-state index contributed by atoms with van der Waals surface area (Å²) in [4.78, 5) is 2.78. The summed E-state index contributed by atoms with van der Waals surface area (Å²) in [6.45, 7) is 6.12. The molecule has 0 bridgehead atoms. The zero-order chi connectivity index (χ0) is 15.1. The quantitative estimate of drug-likeness (QED) is 0.758. The minimum absolute atomic E-state index is 0.400. The first kappa shape index (κ1) is 17.3. The first-order valence-corrected chi connectivity index (χ1v) is 9.70. The second-order valence-electron chi connectivity index (χ2n) is 7.87. The van der Waals surface area contributed by atoms with Crippen LogP contribution in [0.5, 0.6) is 0 Å². The SMILES string of the molecule is CC1CCC(C)N(C2CCCCCCCCCCC2N)C1. The lowest BCUT2D eigenvalue weighted by atomic mass is 9.88. The molecule has 2 heteroatoms. The Kier molecular flexibility index (Phi) is 7.53. The fraction of sp³-hybridized carbons (Fsp3) is 1.00. The second kappa shape index (κ2) is 9.15. The lowest BCUT2D eigenvalue weighted by Gasteiger charge is -2.44. The van der Waals surface area contributed by atoms with Gasteiger partial charge in [-0.1, -0.05) is 58.3 Å². The van der Waals surface area contributed by atoms with Gasteiger partial charge in [-0.25, -0.2) is 0 Å². The van der Waals surface area contributed by atoms with Crippen LogP contribution in [0.2, 0.25) is 0 Å². The van der Waals surface area contributed by atoms with Gasteiger partial charge in [0.1, 0.15) is 0 Å². The minimum Gasteiger partial charge on any atom is -0.326 e. The third-order valence-corrected chi connectivity index (χ3v) is 5.87. The van der Waals surface area contributed by atoms with E-state index < -0.39 is 0 Å². The molecule has 0 spiro atoms. The van der Waals surface area contributed by atoms with Gasteiger partial charge in [0.2, 0.25) is 0 Å². The monoisotopic (exact) mass is 294 g/mol. The Morgan fingerprint density at radius 3 is 1.95 bits per heavy atom. The normalized spacial score (nSPS) is 38.4. The van der Waals surface area contributed by atoms with Crippen molar-refractivity contribution in [2.75, 3.05) is 6.54 Å². The van der Waals surface area contributed by atoms with Crippen LogP contribution in [0.4, 0.5) is 0 Å². The van der Waals surface area contributed by atoms with Crippen molar-refractivity contribution in [3.8, 4) is 0 Å². The molecule has 1 aliphatic heterocycles. The summed E-state index contributed by atoms with van der Waals surface area (Å²) in [6.07, 6.45) is 16.6. The van der Waals surface area contributed by atoms with Crippen molar-refractivity contribution in [2.45, 2.75) is 109 Å². The van der Waals surface area contributed by atoms with E-state index in [-0.39, 0.29) is 0 Å². The molecule has 2 fully saturated rings. The van der Waals surface area contributed by atoms with Gasteiger partial charge in [-0.3, -0.25) is 4.90 Å². The van der Waals surface area contributed by atoms with Crippen LogP contribution in [0.25, 0.3) is 0 Å². The average molecular weight is 295 g/mol. The molecule has 0 radical (unpaired) electrons. The van der Waals surface area contributed by atoms with Gasteiger partial charge >= 0.3 is 0 Å². The number of hydrogen-bond donors (Lipinski definition) is 1. The number of hydrogen-bond acceptors (Lipinski definition) is 2. The highest BCUT2D eigenvalue weighted by Gasteiger charge is 2.31. The Morgan fingerprint density at radius 1 is 0.714 bits per heavy atom. The van der Waals surface area contributed by atoms with Crippen LogP contribution in [-0.2, 0) is 0 Å². The summed E-state index contributed by atoms with van der Waals surface area (Å²) >= 11 is 0. The van der Waals surface area contributed by atoms with Crippen LogP contribution in [0.3, 0.4) is 0 Å². The van der Waals surface area contributed by atoms with Gasteiger partial charge in [0, 0.05) is 24.7 Å². The summed E-state index contributed by atoms with van der Waals surface area (Å²) in [5, 5.41) is 0. The maximum Gasteiger partial charge on any atom is 0.0250 e. The third kappa shape index (κ3) is 5.56. The standard InChI is InChI=1S/C19H38N2/c1-16-13-14-17(2)21(15-16)19-12-10-8-6-4-3-5-7-9-11-18(19)20/h16-19H,3-15,20H2,1-2H3. The van der Waals surface area contributed by atoms with Crippen LogP contribution in [-0.4, -0.2) is 29.6 Å². The van der Waals surface area contributed by atoms with Crippen LogP contribution in [0.15, 0.2) is 0 Å². The summed E-state index contributed by atoms with van der Waals surface area (Å²) in [5.74, 6) is 0.856. The van der Waals surface area contributed by atoms with E-state index in [2.05, 4.69) is 18.7 Å². The predicted octanol–water partition coefficient (Wildman–Crippen LogP) is 4.72. The van der Waals surface area contributed by atoms with Crippen molar-refractivity contribution >= 4 is 0 Å². The van der Waals surface area contributed by atoms with Crippen molar-refractivity contribution < 1.29 is 0 Å². The Bertz CT molecular complexity index is 279. The van der Waals surface area contributed by atoms with Gasteiger partial charge < -0.3 is 5.73 Å². The second-order valence-corrected chi connectivity index (χ2v) is 7.87. The van der Waals surface area contributed by atoms with E-state index in [1.54, 1.807) is 0 Å². The number of likely N-dealkylation sites (tertiary alicyclic amines) is 1. The van der Waals surface area contributed by atoms with E-state index in [9.17, 15) is 0 Å². The highest BCUT2D eigenvalue weighted by Crippen LogP contribution is 2.28. The molecule has 1 saturated carbocycles. The van der Waals surface area contributed by atoms with Crippen molar-refractivity contribution in [3.63, 3.8) is 0 Å². The molecule has 21 heavy (non-hydrogen) atoms. The Morgan fingerprint density at radius 2 is 1.29 bits per heavy atom. The molecular formula is C19H38N2. The van der Waals surface area contributed by atoms with E-state index in [4.69, 9.17) is 5.73 Å². The molecule has 1 saturated heterocycles. The Balaban J connectivity index is 1.96. The van der Waals surface area contributed by atoms with Gasteiger partial charge in [-0.05, 0) is 38.5 Å². The number of nitrogens with two attached hydrogens (primary N) is 1. The largest absolute Gasteiger partial charge is 0.326 e. The van der Waals surface area contributed by atoms with E-state index in [0.717, 1.165) is 12.0 Å². The van der Waals surface area contributed by atoms with E-state index in [1.807, 2.05) is 0 Å². The molecule has 2 rings (SSSR count). The Hall–Kier alpha value is -0.0800. The van der Waals surface area contributed by atoms with Crippen molar-refractivity contribution in [3.05, 3.63) is 0 Å². The number of rotatable bonds is 1. The highest BCUT2D eigenvalue weighted by atomic mass is 15.2. The molecule has 0 amide bonds. The first-order chi connectivity index (χ1) is 10.2. The van der Waals surface area contributed by atoms with Gasteiger partial charge in [-0.2, -0.15) is 0 Å². The fourth-order valence-electron chi connectivity index (χ4n) is 4.40. The molecular weight excluding hydrogens is 256 g/mol. The van der Waals surface area contributed by atoms with Crippen molar-refractivity contribution in [1.29, 1.82) is 0 Å². The first-order valence-electron chi connectivity index (χ1n) is 9.70. The maximum absolute atomic E-state index is 6.66. The lowest BCUT2D eigenvalue weighted by Crippen LogP contribution is -2.54. The summed E-state index contributed by atoms with van der Waals surface area (Å²) in [5.41, 5.74) is 6.66. The molecule has 1 heterocycles. The molecule has 0 aromatic carbocycles. The fourth-order valence-corrected chi connectivity index (χ4v) is 4.40. The summed E-state index contributed by atoms with van der Waals surface area (Å²) in [6, 6.07) is 1.78. The summed E-state index contributed by atoms with van der Waals surface area (Å²) in [7, 11) is 0. The van der Waals surface area contributed by atoms with Crippen LogP contribution in [0.1, 0.15) is 90.9 Å². The molecule has 124 valence electrons. The maximum atomic E-state index is 6.66. The smallest absolute Gasteiger partial charge is 0.0250 e. The lowest BCUT2D eigenvalue weighted by molar-refractivity contribution is 0.0558. The number of nitrogens with zero attached hydrogens (tertiary/aromatic N) is 1. The van der Waals surface area contributed by atoms with E-state index in [1.165, 1.54) is 83.6 Å². The minimum atomic E-state index is 0.400. The molecule has 4 atom stereocenters.